The summed E-state index contributed by atoms with van der Waals surface area (Å²) in [5.41, 5.74) is 0. The Morgan fingerprint density at radius 1 is 1.42 bits per heavy atom. The van der Waals surface area contributed by atoms with Crippen LogP contribution < -0.4 is 0 Å². The lowest BCUT2D eigenvalue weighted by Crippen LogP contribution is -2.46. The lowest BCUT2D eigenvalue weighted by atomic mass is 10.9. The van der Waals surface area contributed by atoms with Crippen molar-refractivity contribution < 1.29 is 12.7 Å². The van der Waals surface area contributed by atoms with Gasteiger partial charge in [0.05, 0.1) is 0 Å². The van der Waals surface area contributed by atoms with Crippen LogP contribution in [0.4, 0.5) is 0 Å². The molecular weight excluding hydrogens is 204 g/mol. The summed E-state index contributed by atoms with van der Waals surface area (Å²) < 4.78 is 17.0. The molecular formula is C6H20O3Si3. The third-order valence-corrected chi connectivity index (χ3v) is 8.93. The fraction of sp³-hybridized carbons (Fsp3) is 1.00. The van der Waals surface area contributed by atoms with Crippen molar-refractivity contribution in [3.8, 4) is 0 Å². The normalized spacial score (nSPS) is 17.5. The van der Waals surface area contributed by atoms with Gasteiger partial charge in [-0.05, 0) is 20.0 Å². The topological polar surface area (TPSA) is 27.7 Å². The highest BCUT2D eigenvalue weighted by molar-refractivity contribution is 6.72. The van der Waals surface area contributed by atoms with Crippen LogP contribution >= 0.6 is 0 Å². The maximum absolute atomic E-state index is 5.79. The molecule has 0 aliphatic rings. The first-order valence-electron chi connectivity index (χ1n) is 4.49. The SMILES string of the molecule is CCO[Si](C)(O[SiH2]C)O[SiH](C)C. The molecule has 0 amide bonds. The minimum absolute atomic E-state index is 0.419. The Hall–Kier alpha value is 0.531. The molecule has 0 spiro atoms. The summed E-state index contributed by atoms with van der Waals surface area (Å²) in [6.07, 6.45) is 0. The quantitative estimate of drug-likeness (QED) is 0.623. The molecule has 0 aliphatic heterocycles. The Bertz CT molecular complexity index is 115. The van der Waals surface area contributed by atoms with Gasteiger partial charge in [-0.3, -0.25) is 0 Å². The van der Waals surface area contributed by atoms with E-state index in [1.165, 1.54) is 0 Å². The summed E-state index contributed by atoms with van der Waals surface area (Å²) in [4.78, 5) is 0. The Labute approximate surface area is 80.5 Å². The summed E-state index contributed by atoms with van der Waals surface area (Å²) >= 11 is 0. The Balaban J connectivity index is 3.98. The molecule has 3 nitrogen and oxygen atoms in total. The summed E-state index contributed by atoms with van der Waals surface area (Å²) in [7, 11) is -3.63. The highest BCUT2D eigenvalue weighted by Gasteiger charge is 2.33. The lowest BCUT2D eigenvalue weighted by Gasteiger charge is -2.27. The first kappa shape index (κ1) is 12.5. The Kier molecular flexibility index (Phi) is 6.32. The molecule has 0 aromatic heterocycles. The van der Waals surface area contributed by atoms with E-state index < -0.39 is 27.6 Å². The van der Waals surface area contributed by atoms with Crippen LogP contribution in [-0.4, -0.2) is 34.2 Å². The van der Waals surface area contributed by atoms with Gasteiger partial charge < -0.3 is 12.7 Å². The molecule has 1 unspecified atom stereocenters. The number of hydrogen-bond acceptors (Lipinski definition) is 3. The van der Waals surface area contributed by atoms with E-state index in [2.05, 4.69) is 19.6 Å². The van der Waals surface area contributed by atoms with E-state index in [0.29, 0.717) is 6.61 Å². The van der Waals surface area contributed by atoms with Gasteiger partial charge in [0.25, 0.3) is 0 Å². The fourth-order valence-corrected chi connectivity index (χ4v) is 8.60. The van der Waals surface area contributed by atoms with Gasteiger partial charge in [0.1, 0.15) is 9.76 Å². The van der Waals surface area contributed by atoms with Gasteiger partial charge in [-0.1, -0.05) is 6.55 Å². The number of hydrogen-bond donors (Lipinski definition) is 0. The van der Waals surface area contributed by atoms with Crippen molar-refractivity contribution in [1.82, 2.24) is 0 Å². The van der Waals surface area contributed by atoms with Gasteiger partial charge in [-0.2, -0.15) is 0 Å². The van der Waals surface area contributed by atoms with E-state index in [1.54, 1.807) is 0 Å². The average molecular weight is 224 g/mol. The maximum atomic E-state index is 5.79. The molecule has 0 aromatic carbocycles. The van der Waals surface area contributed by atoms with Gasteiger partial charge in [-0.15, -0.1) is 0 Å². The number of rotatable bonds is 6. The Morgan fingerprint density at radius 2 is 2.00 bits per heavy atom. The van der Waals surface area contributed by atoms with Gasteiger partial charge >= 0.3 is 8.80 Å². The van der Waals surface area contributed by atoms with Crippen LogP contribution in [0.5, 0.6) is 0 Å². The smallest absolute Gasteiger partial charge is 0.422 e. The van der Waals surface area contributed by atoms with Crippen LogP contribution in [0.3, 0.4) is 0 Å². The summed E-state index contributed by atoms with van der Waals surface area (Å²) in [5.74, 6) is 0. The van der Waals surface area contributed by atoms with Crippen LogP contribution in [0.1, 0.15) is 6.92 Å². The third-order valence-electron chi connectivity index (χ3n) is 1.26. The second-order valence-corrected chi connectivity index (χ2v) is 9.68. The summed E-state index contributed by atoms with van der Waals surface area (Å²) in [6.45, 7) is 11.1. The molecule has 0 fully saturated rings. The van der Waals surface area contributed by atoms with Crippen LogP contribution in [0.15, 0.2) is 0 Å². The van der Waals surface area contributed by atoms with Crippen LogP contribution in [0.2, 0.25) is 26.2 Å². The van der Waals surface area contributed by atoms with Crippen LogP contribution in [0, 0.1) is 0 Å². The molecule has 0 aromatic rings. The first-order valence-corrected chi connectivity index (χ1v) is 11.5. The van der Waals surface area contributed by atoms with E-state index in [9.17, 15) is 0 Å². The van der Waals surface area contributed by atoms with E-state index in [1.807, 2.05) is 13.5 Å². The molecule has 1 atom stereocenters. The van der Waals surface area contributed by atoms with Gasteiger partial charge in [0.2, 0.25) is 0 Å². The summed E-state index contributed by atoms with van der Waals surface area (Å²) in [6, 6.07) is 0. The molecule has 0 saturated carbocycles. The largest absolute Gasteiger partial charge is 0.476 e. The highest BCUT2D eigenvalue weighted by Crippen LogP contribution is 2.09. The summed E-state index contributed by atoms with van der Waals surface area (Å²) in [5, 5.41) is 0. The minimum Gasteiger partial charge on any atom is -0.422 e. The van der Waals surface area contributed by atoms with Crippen molar-refractivity contribution in [2.75, 3.05) is 6.61 Å². The zero-order valence-corrected chi connectivity index (χ0v) is 12.3. The van der Waals surface area contributed by atoms with Crippen molar-refractivity contribution in [3.63, 3.8) is 0 Å². The lowest BCUT2D eigenvalue weighted by molar-refractivity contribution is 0.186. The first-order chi connectivity index (χ1) is 5.54. The van der Waals surface area contributed by atoms with Crippen molar-refractivity contribution in [1.29, 1.82) is 0 Å². The van der Waals surface area contributed by atoms with Crippen LogP contribution in [-0.2, 0) is 12.7 Å². The van der Waals surface area contributed by atoms with Gasteiger partial charge in [0, 0.05) is 13.2 Å². The molecule has 0 radical (unpaired) electrons. The molecule has 0 heterocycles. The average Bonchev–Trinajstić information content (AvgIpc) is 1.85. The van der Waals surface area contributed by atoms with Crippen LogP contribution in [0.25, 0.3) is 0 Å². The molecule has 0 N–H and O–H groups in total. The second kappa shape index (κ2) is 6.06. The van der Waals surface area contributed by atoms with Crippen molar-refractivity contribution >= 4 is 27.6 Å². The van der Waals surface area contributed by atoms with E-state index in [4.69, 9.17) is 12.7 Å². The minimum atomic E-state index is -2.19. The van der Waals surface area contributed by atoms with Crippen molar-refractivity contribution in [2.45, 2.75) is 33.1 Å². The Morgan fingerprint density at radius 3 is 2.33 bits per heavy atom. The van der Waals surface area contributed by atoms with E-state index in [0.717, 1.165) is 0 Å². The van der Waals surface area contributed by atoms with Gasteiger partial charge in [0.15, 0.2) is 9.04 Å². The van der Waals surface area contributed by atoms with Crippen molar-refractivity contribution in [3.05, 3.63) is 0 Å². The molecule has 0 rings (SSSR count). The van der Waals surface area contributed by atoms with Crippen molar-refractivity contribution in [2.24, 2.45) is 0 Å². The predicted octanol–water partition coefficient (Wildman–Crippen LogP) is 0.740. The van der Waals surface area contributed by atoms with E-state index in [-0.39, 0.29) is 0 Å². The van der Waals surface area contributed by atoms with E-state index >= 15 is 0 Å². The monoisotopic (exact) mass is 224 g/mol. The molecule has 12 heavy (non-hydrogen) atoms. The second-order valence-electron chi connectivity index (χ2n) is 2.90. The molecule has 6 heteroatoms. The molecule has 74 valence electrons. The standard InChI is InChI=1S/C6H20O3Si3/c1-6-7-12(5,8-10-2)9-11(3)4/h11H,6,10H2,1-5H3. The zero-order chi connectivity index (χ0) is 9.61. The maximum Gasteiger partial charge on any atom is 0.476 e. The van der Waals surface area contributed by atoms with Gasteiger partial charge in [-0.25, -0.2) is 0 Å². The molecule has 0 aliphatic carbocycles. The zero-order valence-electron chi connectivity index (χ0n) is 8.72. The highest BCUT2D eigenvalue weighted by atomic mass is 28.5. The predicted molar refractivity (Wildman–Crippen MR) is 58.7 cm³/mol. The molecule has 0 bridgehead atoms. The fourth-order valence-electron chi connectivity index (χ4n) is 1.06. The third kappa shape index (κ3) is 5.22. The molecule has 0 saturated heterocycles.